The monoisotopic (exact) mass is 572 g/mol. The molecule has 3 aromatic carbocycles. The Hall–Kier alpha value is -2.29. The van der Waals surface area contributed by atoms with Crippen molar-refractivity contribution in [3.63, 3.8) is 0 Å². The van der Waals surface area contributed by atoms with E-state index in [4.69, 9.17) is 14.2 Å². The zero-order valence-corrected chi connectivity index (χ0v) is 25.5. The highest BCUT2D eigenvalue weighted by atomic mass is 32.2. The largest absolute Gasteiger partial charge is 0.481 e. The van der Waals surface area contributed by atoms with Crippen LogP contribution in [0, 0.1) is 6.92 Å². The number of fused-ring (bicyclic) bond motifs is 3. The van der Waals surface area contributed by atoms with Crippen molar-refractivity contribution < 1.29 is 22.6 Å². The second-order valence-electron chi connectivity index (χ2n) is 11.4. The van der Waals surface area contributed by atoms with Gasteiger partial charge in [-0.15, -0.1) is 0 Å². The molecule has 0 bridgehead atoms. The molecule has 0 amide bonds. The molecule has 2 atom stereocenters. The number of aryl methyl sites for hydroxylation is 1. The van der Waals surface area contributed by atoms with Crippen molar-refractivity contribution in [2.24, 2.45) is 0 Å². The summed E-state index contributed by atoms with van der Waals surface area (Å²) < 4.78 is 38.6. The van der Waals surface area contributed by atoms with Crippen LogP contribution < -0.4 is 14.2 Å². The molecule has 0 saturated carbocycles. The summed E-state index contributed by atoms with van der Waals surface area (Å²) in [4.78, 5) is 2.97. The summed E-state index contributed by atoms with van der Waals surface area (Å²) in [6.07, 6.45) is 0. The van der Waals surface area contributed by atoms with Gasteiger partial charge >= 0.3 is 0 Å². The van der Waals surface area contributed by atoms with Crippen molar-refractivity contribution in [3.8, 4) is 17.2 Å². The van der Waals surface area contributed by atoms with Gasteiger partial charge in [0.25, 0.3) is 0 Å². The summed E-state index contributed by atoms with van der Waals surface area (Å²) in [7, 11) is -1.90. The highest BCUT2D eigenvalue weighted by Gasteiger charge is 2.23. The van der Waals surface area contributed by atoms with Gasteiger partial charge in [-0.3, -0.25) is 8.42 Å². The van der Waals surface area contributed by atoms with E-state index in [-0.39, 0.29) is 10.8 Å². The van der Waals surface area contributed by atoms with E-state index in [0.29, 0.717) is 11.9 Å². The molecule has 38 heavy (non-hydrogen) atoms. The smallest absolute Gasteiger partial charge is 0.167 e. The third-order valence-corrected chi connectivity index (χ3v) is 9.43. The zero-order valence-electron chi connectivity index (χ0n) is 23.1. The molecule has 0 N–H and O–H groups in total. The number of thioether (sulfide) groups is 1. The fraction of sp³-hybridized carbons (Fsp3) is 0.400. The van der Waals surface area contributed by atoms with Crippen molar-refractivity contribution in [2.75, 3.05) is 17.8 Å². The molecule has 2 unspecified atom stereocenters. The molecular weight excluding hydrogens is 537 g/mol. The highest BCUT2D eigenvalue weighted by molar-refractivity contribution is 7.99. The molecule has 5 nitrogen and oxygen atoms in total. The maximum Gasteiger partial charge on any atom is 0.167 e. The summed E-state index contributed by atoms with van der Waals surface area (Å²) in [6.45, 7) is 15.1. The quantitative estimate of drug-likeness (QED) is 0.281. The van der Waals surface area contributed by atoms with Crippen LogP contribution in [0.1, 0.15) is 58.2 Å². The summed E-state index contributed by atoms with van der Waals surface area (Å²) in [5.41, 5.74) is 4.04. The Kier molecular flexibility index (Phi) is 8.65. The van der Waals surface area contributed by atoms with E-state index in [2.05, 4.69) is 59.7 Å². The van der Waals surface area contributed by atoms with Gasteiger partial charge < -0.3 is 14.2 Å². The molecule has 3 aliphatic rings. The van der Waals surface area contributed by atoms with Crippen molar-refractivity contribution >= 4 is 33.4 Å². The van der Waals surface area contributed by atoms with Gasteiger partial charge in [0, 0.05) is 0 Å². The van der Waals surface area contributed by atoms with Crippen molar-refractivity contribution in [3.05, 3.63) is 71.3 Å². The van der Waals surface area contributed by atoms with Gasteiger partial charge in [-0.25, -0.2) is 0 Å². The van der Waals surface area contributed by atoms with Gasteiger partial charge in [0.15, 0.2) is 11.9 Å². The van der Waals surface area contributed by atoms with Gasteiger partial charge in [-0.1, -0.05) is 71.5 Å². The standard InChI is InChI=1S/C11H14O2S.C11H14OS.C8H8O2S/c1-11(2,3)8-4-5-9-10(6-8)14(12)7-13-9;1-11(2,3)8-4-5-9-10(6-8)13-7-12-9;1-6-2-3-7-8(4-6)11(9)5-10-7/h4-6H,7H2,1-3H3;4-6H,7H2,1-3H3;2-4H,5H2,1H3. The van der Waals surface area contributed by atoms with Gasteiger partial charge in [-0.2, -0.15) is 0 Å². The van der Waals surface area contributed by atoms with Crippen LogP contribution in [0.25, 0.3) is 0 Å². The van der Waals surface area contributed by atoms with Crippen molar-refractivity contribution in [1.29, 1.82) is 0 Å². The molecule has 204 valence electrons. The number of rotatable bonds is 0. The Labute approximate surface area is 235 Å². The molecule has 3 heterocycles. The van der Waals surface area contributed by atoms with E-state index in [1.807, 2.05) is 43.3 Å². The van der Waals surface area contributed by atoms with Crippen LogP contribution in [-0.2, 0) is 32.4 Å². The van der Waals surface area contributed by atoms with Crippen LogP contribution in [0.5, 0.6) is 17.2 Å². The molecule has 0 saturated heterocycles. The van der Waals surface area contributed by atoms with E-state index in [1.165, 1.54) is 16.0 Å². The summed E-state index contributed by atoms with van der Waals surface area (Å²) in [6, 6.07) is 18.2. The Balaban J connectivity index is 0.000000134. The first-order valence-electron chi connectivity index (χ1n) is 12.5. The van der Waals surface area contributed by atoms with E-state index in [1.54, 1.807) is 11.8 Å². The summed E-state index contributed by atoms with van der Waals surface area (Å²) in [5, 5.41) is 0. The first kappa shape index (κ1) is 28.7. The van der Waals surface area contributed by atoms with Crippen LogP contribution in [0.4, 0.5) is 0 Å². The molecule has 0 spiro atoms. The number of benzene rings is 3. The lowest BCUT2D eigenvalue weighted by Crippen LogP contribution is -2.10. The molecule has 3 aromatic rings. The fourth-order valence-corrected chi connectivity index (χ4v) is 6.70. The van der Waals surface area contributed by atoms with Crippen LogP contribution >= 0.6 is 11.8 Å². The average Bonchev–Trinajstić information content (AvgIpc) is 3.57. The number of hydrogen-bond donors (Lipinski definition) is 0. The molecule has 0 fully saturated rings. The maximum atomic E-state index is 11.5. The molecule has 3 aliphatic heterocycles. The van der Waals surface area contributed by atoms with Crippen LogP contribution in [0.2, 0.25) is 0 Å². The highest BCUT2D eigenvalue weighted by Crippen LogP contribution is 2.39. The average molecular weight is 573 g/mol. The number of hydrogen-bond acceptors (Lipinski definition) is 6. The SMILES string of the molecule is CC(C)(C)c1ccc2c(c1)S(=O)CO2.CC(C)(C)c1ccc2c(c1)SCO2.Cc1ccc2c(c1)S(=O)CO2. The fourth-order valence-electron chi connectivity index (χ4n) is 3.91. The minimum absolute atomic E-state index is 0.0990. The van der Waals surface area contributed by atoms with E-state index in [0.717, 1.165) is 38.5 Å². The summed E-state index contributed by atoms with van der Waals surface area (Å²) >= 11 is 1.78. The molecule has 0 aliphatic carbocycles. The van der Waals surface area contributed by atoms with Crippen molar-refractivity contribution in [2.45, 2.75) is 74.0 Å². The van der Waals surface area contributed by atoms with Gasteiger partial charge in [0.2, 0.25) is 0 Å². The molecule has 0 radical (unpaired) electrons. The van der Waals surface area contributed by atoms with Crippen molar-refractivity contribution in [1.82, 2.24) is 0 Å². The molecule has 6 rings (SSSR count). The maximum absolute atomic E-state index is 11.5. The summed E-state index contributed by atoms with van der Waals surface area (Å²) in [5.74, 6) is 3.98. The Morgan fingerprint density at radius 2 is 1.16 bits per heavy atom. The van der Waals surface area contributed by atoms with Gasteiger partial charge in [0.1, 0.15) is 23.2 Å². The van der Waals surface area contributed by atoms with Gasteiger partial charge in [-0.05, 0) is 70.8 Å². The minimum Gasteiger partial charge on any atom is -0.481 e. The zero-order chi connectivity index (χ0) is 27.7. The Morgan fingerprint density at radius 3 is 1.74 bits per heavy atom. The Morgan fingerprint density at radius 1 is 0.658 bits per heavy atom. The van der Waals surface area contributed by atoms with Crippen LogP contribution in [0.15, 0.2) is 69.3 Å². The first-order valence-corrected chi connectivity index (χ1v) is 16.1. The predicted molar refractivity (Wildman–Crippen MR) is 157 cm³/mol. The minimum atomic E-state index is -0.965. The topological polar surface area (TPSA) is 61.8 Å². The van der Waals surface area contributed by atoms with Gasteiger partial charge in [0.05, 0.1) is 36.3 Å². The second-order valence-corrected chi connectivity index (χ2v) is 15.1. The lowest BCUT2D eigenvalue weighted by molar-refractivity contribution is 0.394. The molecule has 8 heteroatoms. The lowest BCUT2D eigenvalue weighted by atomic mass is 9.87. The predicted octanol–water partition coefficient (Wildman–Crippen LogP) is 7.32. The van der Waals surface area contributed by atoms with Crippen LogP contribution in [-0.4, -0.2) is 26.2 Å². The van der Waals surface area contributed by atoms with Crippen LogP contribution in [0.3, 0.4) is 0 Å². The molecule has 0 aromatic heterocycles. The third kappa shape index (κ3) is 6.82. The first-order chi connectivity index (χ1) is 17.8. The normalized spacial score (nSPS) is 18.8. The van der Waals surface area contributed by atoms with E-state index < -0.39 is 21.6 Å². The molecular formula is C30H36O5S3. The second kappa shape index (κ2) is 11.4. The Bertz CT molecular complexity index is 1370. The lowest BCUT2D eigenvalue weighted by Gasteiger charge is -2.19. The van der Waals surface area contributed by atoms with E-state index in [9.17, 15) is 8.42 Å². The third-order valence-electron chi connectivity index (χ3n) is 6.28. The number of ether oxygens (including phenoxy) is 3. The van der Waals surface area contributed by atoms with E-state index >= 15 is 0 Å².